The van der Waals surface area contributed by atoms with Crippen LogP contribution in [0.2, 0.25) is 0 Å². The van der Waals surface area contributed by atoms with Crippen LogP contribution in [0.3, 0.4) is 0 Å². The maximum absolute atomic E-state index is 11.2. The highest BCUT2D eigenvalue weighted by atomic mass is 16.5. The Morgan fingerprint density at radius 1 is 1.28 bits per heavy atom. The molecular formula is C20H26N2O3. The van der Waals surface area contributed by atoms with E-state index in [0.717, 1.165) is 30.9 Å². The Bertz CT molecular complexity index is 765. The largest absolute Gasteiger partial charge is 0.497 e. The van der Waals surface area contributed by atoms with Gasteiger partial charge in [-0.1, -0.05) is 25.1 Å². The minimum absolute atomic E-state index is 0.112. The second kappa shape index (κ2) is 4.78. The van der Waals surface area contributed by atoms with Gasteiger partial charge in [0.15, 0.2) is 0 Å². The fourth-order valence-corrected chi connectivity index (χ4v) is 6.50. The van der Waals surface area contributed by atoms with Crippen LogP contribution in [0.25, 0.3) is 0 Å². The van der Waals surface area contributed by atoms with Crippen LogP contribution in [0.15, 0.2) is 30.4 Å². The van der Waals surface area contributed by atoms with Crippen LogP contribution in [0.1, 0.15) is 18.9 Å². The molecule has 1 aromatic carbocycles. The number of hydrogen-bond acceptors (Lipinski definition) is 5. The Morgan fingerprint density at radius 2 is 2.08 bits per heavy atom. The summed E-state index contributed by atoms with van der Waals surface area (Å²) in [5.41, 5.74) is 1.82. The summed E-state index contributed by atoms with van der Waals surface area (Å²) in [6.45, 7) is 4.03. The zero-order valence-corrected chi connectivity index (χ0v) is 15.0. The lowest BCUT2D eigenvalue weighted by Crippen LogP contribution is -2.72. The molecule has 4 aliphatic rings. The minimum atomic E-state index is -0.785. The first-order chi connectivity index (χ1) is 11.9. The molecule has 5 nitrogen and oxygen atoms in total. The quantitative estimate of drug-likeness (QED) is 0.750. The monoisotopic (exact) mass is 342 g/mol. The summed E-state index contributed by atoms with van der Waals surface area (Å²) >= 11 is 0. The Kier molecular flexibility index (Phi) is 3.00. The van der Waals surface area contributed by atoms with E-state index in [1.165, 1.54) is 5.56 Å². The molecule has 2 fully saturated rings. The van der Waals surface area contributed by atoms with E-state index in [9.17, 15) is 10.2 Å². The van der Waals surface area contributed by atoms with Crippen molar-refractivity contribution in [2.24, 2.45) is 5.41 Å². The van der Waals surface area contributed by atoms with Crippen LogP contribution in [0.5, 0.6) is 5.75 Å². The van der Waals surface area contributed by atoms with E-state index in [1.807, 2.05) is 13.1 Å². The van der Waals surface area contributed by atoms with Crippen molar-refractivity contribution < 1.29 is 14.9 Å². The zero-order valence-electron chi connectivity index (χ0n) is 15.0. The fraction of sp³-hybridized carbons (Fsp3) is 0.600. The third kappa shape index (κ3) is 1.60. The number of methoxy groups -OCH3 is 1. The lowest BCUT2D eigenvalue weighted by atomic mass is 9.53. The van der Waals surface area contributed by atoms with Gasteiger partial charge in [-0.25, -0.2) is 0 Å². The molecule has 3 heterocycles. The predicted octanol–water partition coefficient (Wildman–Crippen LogP) is 1.14. The molecule has 1 aliphatic carbocycles. The first kappa shape index (κ1) is 15.7. The second-order valence-electron chi connectivity index (χ2n) is 8.33. The third-order valence-electron chi connectivity index (χ3n) is 7.39. The molecule has 0 radical (unpaired) electrons. The van der Waals surface area contributed by atoms with E-state index >= 15 is 0 Å². The smallest absolute Gasteiger partial charge is 0.120 e. The lowest BCUT2D eigenvalue weighted by molar-refractivity contribution is -0.131. The summed E-state index contributed by atoms with van der Waals surface area (Å²) in [7, 11) is 3.72. The van der Waals surface area contributed by atoms with Crippen molar-refractivity contribution in [2.45, 2.75) is 43.1 Å². The number of nitrogens with zero attached hydrogens (tertiary/aromatic N) is 2. The number of rotatable bonds is 1. The maximum Gasteiger partial charge on any atom is 0.120 e. The van der Waals surface area contributed by atoms with Crippen LogP contribution in [-0.2, 0) is 5.41 Å². The first-order valence-corrected chi connectivity index (χ1v) is 9.14. The molecular weight excluding hydrogens is 316 g/mol. The first-order valence-electron chi connectivity index (χ1n) is 9.14. The van der Waals surface area contributed by atoms with Crippen LogP contribution < -0.4 is 9.64 Å². The molecule has 134 valence electrons. The van der Waals surface area contributed by atoms with Crippen molar-refractivity contribution in [1.82, 2.24) is 4.90 Å². The SMILES string of the molecule is COc1ccc2c(c1)N(C)[C@H]1[C@H](O)[C@H](O)C3(C)C=CCN4CC[C@]21[C@@H]43. The van der Waals surface area contributed by atoms with Crippen molar-refractivity contribution in [3.63, 3.8) is 0 Å². The highest BCUT2D eigenvalue weighted by Gasteiger charge is 2.71. The summed E-state index contributed by atoms with van der Waals surface area (Å²) in [5.74, 6) is 0.830. The van der Waals surface area contributed by atoms with E-state index in [-0.39, 0.29) is 17.5 Å². The van der Waals surface area contributed by atoms with Crippen LogP contribution in [-0.4, -0.2) is 66.7 Å². The lowest BCUT2D eigenvalue weighted by Gasteiger charge is -2.59. The van der Waals surface area contributed by atoms with Gasteiger partial charge in [-0.3, -0.25) is 4.90 Å². The molecule has 1 aromatic rings. The topological polar surface area (TPSA) is 56.2 Å². The average molecular weight is 342 g/mol. The van der Waals surface area contributed by atoms with Crippen LogP contribution in [0.4, 0.5) is 5.69 Å². The molecule has 1 unspecified atom stereocenters. The van der Waals surface area contributed by atoms with Gasteiger partial charge in [0.2, 0.25) is 0 Å². The molecule has 25 heavy (non-hydrogen) atoms. The molecule has 1 spiro atoms. The third-order valence-corrected chi connectivity index (χ3v) is 7.39. The fourth-order valence-electron chi connectivity index (χ4n) is 6.50. The van der Waals surface area contributed by atoms with Gasteiger partial charge < -0.3 is 19.8 Å². The number of aliphatic hydroxyl groups is 2. The van der Waals surface area contributed by atoms with Gasteiger partial charge in [0.1, 0.15) is 11.9 Å². The summed E-state index contributed by atoms with van der Waals surface area (Å²) in [4.78, 5) is 4.67. The van der Waals surface area contributed by atoms with Crippen LogP contribution in [0, 0.1) is 5.41 Å². The van der Waals surface area contributed by atoms with E-state index in [1.54, 1.807) is 7.11 Å². The molecule has 5 heteroatoms. The highest BCUT2D eigenvalue weighted by Crippen LogP contribution is 2.63. The summed E-state index contributed by atoms with van der Waals surface area (Å²) < 4.78 is 5.43. The van der Waals surface area contributed by atoms with E-state index < -0.39 is 17.6 Å². The van der Waals surface area contributed by atoms with Crippen molar-refractivity contribution in [3.05, 3.63) is 35.9 Å². The highest BCUT2D eigenvalue weighted by molar-refractivity contribution is 5.69. The summed E-state index contributed by atoms with van der Waals surface area (Å²) in [6, 6.07) is 6.36. The number of fused-ring (bicyclic) bond motifs is 1. The normalized spacial score (nSPS) is 44.4. The van der Waals surface area contributed by atoms with Gasteiger partial charge in [-0.05, 0) is 24.6 Å². The molecule has 5 rings (SSSR count). The van der Waals surface area contributed by atoms with Gasteiger partial charge in [0.05, 0.1) is 19.3 Å². The molecule has 3 aliphatic heterocycles. The Morgan fingerprint density at radius 3 is 2.84 bits per heavy atom. The Hall–Kier alpha value is -1.56. The van der Waals surface area contributed by atoms with Crippen molar-refractivity contribution >= 4 is 5.69 Å². The summed E-state index contributed by atoms with van der Waals surface area (Å²) in [6.07, 6.45) is 3.75. The Balaban J connectivity index is 1.78. The van der Waals surface area contributed by atoms with Crippen molar-refractivity contribution in [3.8, 4) is 5.75 Å². The zero-order chi connectivity index (χ0) is 17.6. The van der Waals surface area contributed by atoms with Gasteiger partial charge >= 0.3 is 0 Å². The molecule has 0 aromatic heterocycles. The van der Waals surface area contributed by atoms with Crippen LogP contribution >= 0.6 is 0 Å². The second-order valence-corrected chi connectivity index (χ2v) is 8.33. The van der Waals surface area contributed by atoms with Crippen molar-refractivity contribution in [1.29, 1.82) is 0 Å². The number of hydrogen-bond donors (Lipinski definition) is 2. The number of likely N-dealkylation sites (N-methyl/N-ethyl adjacent to an activating group) is 1. The summed E-state index contributed by atoms with van der Waals surface area (Å²) in [5, 5.41) is 22.2. The molecule has 1 saturated heterocycles. The predicted molar refractivity (Wildman–Crippen MR) is 96.1 cm³/mol. The van der Waals surface area contributed by atoms with E-state index in [4.69, 9.17) is 4.74 Å². The van der Waals surface area contributed by atoms with Gasteiger partial charge in [-0.15, -0.1) is 0 Å². The molecule has 6 atom stereocenters. The average Bonchev–Trinajstić information content (AvgIpc) is 3.12. The van der Waals surface area contributed by atoms with E-state index in [2.05, 4.69) is 41.0 Å². The number of ether oxygens (including phenoxy) is 1. The molecule has 0 bridgehead atoms. The molecule has 0 amide bonds. The molecule has 1 saturated carbocycles. The number of aliphatic hydroxyl groups excluding tert-OH is 2. The van der Waals surface area contributed by atoms with Gasteiger partial charge in [0.25, 0.3) is 0 Å². The molecule has 2 N–H and O–H groups in total. The van der Waals surface area contributed by atoms with E-state index in [0.29, 0.717) is 0 Å². The number of anilines is 1. The van der Waals surface area contributed by atoms with Gasteiger partial charge in [0, 0.05) is 42.2 Å². The van der Waals surface area contributed by atoms with Gasteiger partial charge in [-0.2, -0.15) is 0 Å². The van der Waals surface area contributed by atoms with Crippen molar-refractivity contribution in [2.75, 3.05) is 32.1 Å². The number of benzene rings is 1. The standard InChI is InChI=1S/C20H26N2O3/c1-19-7-4-9-22-10-8-20(18(19)22)13-6-5-12(25-3)11-14(13)21(2)16(20)15(23)17(19)24/h4-7,11,15-18,23-24H,8-10H2,1-3H3/t15-,16-,17-,18-,19?,20-/m0/s1. The maximum atomic E-state index is 11.2. The Labute approximate surface area is 148 Å². The minimum Gasteiger partial charge on any atom is -0.497 e.